The van der Waals surface area contributed by atoms with Gasteiger partial charge in [0.2, 0.25) is 11.8 Å². The minimum absolute atomic E-state index is 0.102. The average molecular weight is 455 g/mol. The van der Waals surface area contributed by atoms with Gasteiger partial charge in [-0.1, -0.05) is 31.2 Å². The molecule has 2 aromatic rings. The SMILES string of the molecule is CCN(CC(=O)NCc1ccccc1CN1CCOCC1)CC(=O)Nc1ccc(OC)cc1. The number of likely N-dealkylation sites (N-methyl/N-ethyl adjacent to an activating group) is 1. The maximum atomic E-state index is 12.6. The first-order valence-electron chi connectivity index (χ1n) is 11.4. The minimum atomic E-state index is -0.161. The van der Waals surface area contributed by atoms with Crippen molar-refractivity contribution in [3.8, 4) is 5.75 Å². The van der Waals surface area contributed by atoms with Crippen LogP contribution >= 0.6 is 0 Å². The van der Waals surface area contributed by atoms with E-state index in [2.05, 4.69) is 27.7 Å². The van der Waals surface area contributed by atoms with Crippen LogP contribution in [0.5, 0.6) is 5.75 Å². The predicted octanol–water partition coefficient (Wildman–Crippen LogP) is 2.10. The van der Waals surface area contributed by atoms with Crippen LogP contribution < -0.4 is 15.4 Å². The Morgan fingerprint density at radius 1 is 1.00 bits per heavy atom. The molecule has 1 fully saturated rings. The van der Waals surface area contributed by atoms with E-state index in [-0.39, 0.29) is 24.9 Å². The Morgan fingerprint density at radius 2 is 1.67 bits per heavy atom. The molecule has 1 saturated heterocycles. The van der Waals surface area contributed by atoms with E-state index in [1.165, 1.54) is 5.56 Å². The van der Waals surface area contributed by atoms with Gasteiger partial charge in [0.15, 0.2) is 0 Å². The summed E-state index contributed by atoms with van der Waals surface area (Å²) in [6.45, 7) is 7.52. The highest BCUT2D eigenvalue weighted by molar-refractivity contribution is 5.92. The molecule has 178 valence electrons. The van der Waals surface area contributed by atoms with Crippen molar-refractivity contribution in [2.75, 3.05) is 58.4 Å². The fraction of sp³-hybridized carbons (Fsp3) is 0.440. The van der Waals surface area contributed by atoms with Gasteiger partial charge in [0.1, 0.15) is 5.75 Å². The van der Waals surface area contributed by atoms with E-state index in [0.29, 0.717) is 18.8 Å². The molecule has 0 saturated carbocycles. The van der Waals surface area contributed by atoms with Crippen LogP contribution in [-0.4, -0.2) is 74.7 Å². The number of amides is 2. The summed E-state index contributed by atoms with van der Waals surface area (Å²) in [6, 6.07) is 15.3. The van der Waals surface area contributed by atoms with Crippen LogP contribution in [0, 0.1) is 0 Å². The van der Waals surface area contributed by atoms with Crippen molar-refractivity contribution >= 4 is 17.5 Å². The van der Waals surface area contributed by atoms with Gasteiger partial charge in [0.05, 0.1) is 33.4 Å². The summed E-state index contributed by atoms with van der Waals surface area (Å²) in [5, 5.41) is 5.86. The Hall–Kier alpha value is -2.94. The first kappa shape index (κ1) is 24.7. The average Bonchev–Trinajstić information content (AvgIpc) is 2.84. The zero-order valence-corrected chi connectivity index (χ0v) is 19.5. The molecular formula is C25H34N4O4. The van der Waals surface area contributed by atoms with Crippen molar-refractivity contribution in [2.45, 2.75) is 20.0 Å². The predicted molar refractivity (Wildman–Crippen MR) is 128 cm³/mol. The molecular weight excluding hydrogens is 420 g/mol. The number of ether oxygens (including phenoxy) is 2. The van der Waals surface area contributed by atoms with E-state index >= 15 is 0 Å². The molecule has 0 aromatic heterocycles. The Balaban J connectivity index is 1.46. The van der Waals surface area contributed by atoms with Crippen molar-refractivity contribution in [3.63, 3.8) is 0 Å². The second-order valence-corrected chi connectivity index (χ2v) is 8.01. The van der Waals surface area contributed by atoms with Gasteiger partial charge in [-0.05, 0) is 41.9 Å². The number of rotatable bonds is 11. The van der Waals surface area contributed by atoms with Crippen LogP contribution in [-0.2, 0) is 27.4 Å². The maximum absolute atomic E-state index is 12.6. The van der Waals surface area contributed by atoms with Gasteiger partial charge < -0.3 is 20.1 Å². The number of nitrogens with zero attached hydrogens (tertiary/aromatic N) is 2. The summed E-state index contributed by atoms with van der Waals surface area (Å²) in [6.07, 6.45) is 0. The van der Waals surface area contributed by atoms with Crippen LogP contribution in [0.4, 0.5) is 5.69 Å². The number of morpholine rings is 1. The molecule has 2 aromatic carbocycles. The number of carbonyl (C=O) groups excluding carboxylic acids is 2. The molecule has 8 nitrogen and oxygen atoms in total. The van der Waals surface area contributed by atoms with E-state index in [1.807, 2.05) is 24.0 Å². The molecule has 1 heterocycles. The lowest BCUT2D eigenvalue weighted by Gasteiger charge is -2.27. The van der Waals surface area contributed by atoms with E-state index in [1.54, 1.807) is 31.4 Å². The molecule has 0 bridgehead atoms. The van der Waals surface area contributed by atoms with Gasteiger partial charge in [0.25, 0.3) is 0 Å². The van der Waals surface area contributed by atoms with Crippen LogP contribution in [0.1, 0.15) is 18.1 Å². The molecule has 8 heteroatoms. The lowest BCUT2D eigenvalue weighted by atomic mass is 10.1. The summed E-state index contributed by atoms with van der Waals surface area (Å²) in [7, 11) is 1.60. The smallest absolute Gasteiger partial charge is 0.238 e. The quantitative estimate of drug-likeness (QED) is 0.541. The third-order valence-electron chi connectivity index (χ3n) is 5.65. The normalized spacial score (nSPS) is 14.2. The van der Waals surface area contributed by atoms with E-state index in [9.17, 15) is 9.59 Å². The number of hydrogen-bond donors (Lipinski definition) is 2. The van der Waals surface area contributed by atoms with Gasteiger partial charge >= 0.3 is 0 Å². The monoisotopic (exact) mass is 454 g/mol. The largest absolute Gasteiger partial charge is 0.497 e. The Labute approximate surface area is 195 Å². The molecule has 0 aliphatic carbocycles. The second kappa shape index (κ2) is 12.9. The zero-order valence-electron chi connectivity index (χ0n) is 19.5. The number of hydrogen-bond acceptors (Lipinski definition) is 6. The number of carbonyl (C=O) groups is 2. The summed E-state index contributed by atoms with van der Waals surface area (Å²) in [4.78, 5) is 29.2. The first-order chi connectivity index (χ1) is 16.1. The van der Waals surface area contributed by atoms with Crippen molar-refractivity contribution in [2.24, 2.45) is 0 Å². The molecule has 3 rings (SSSR count). The molecule has 33 heavy (non-hydrogen) atoms. The Kier molecular flexibility index (Phi) is 9.68. The molecule has 2 N–H and O–H groups in total. The van der Waals surface area contributed by atoms with Crippen molar-refractivity contribution < 1.29 is 19.1 Å². The standard InChI is InChI=1S/C25H34N4O4/c1-3-28(19-25(31)27-22-8-10-23(32-2)11-9-22)18-24(30)26-16-20-6-4-5-7-21(20)17-29-12-14-33-15-13-29/h4-11H,3,12-19H2,1-2H3,(H,26,30)(H,27,31). The van der Waals surface area contributed by atoms with E-state index in [4.69, 9.17) is 9.47 Å². The van der Waals surface area contributed by atoms with E-state index in [0.717, 1.165) is 44.2 Å². The molecule has 1 aliphatic rings. The number of benzene rings is 2. The molecule has 0 atom stereocenters. The van der Waals surface area contributed by atoms with Crippen LogP contribution in [0.25, 0.3) is 0 Å². The zero-order chi connectivity index (χ0) is 23.5. The Bertz CT molecular complexity index is 898. The third kappa shape index (κ3) is 8.16. The second-order valence-electron chi connectivity index (χ2n) is 8.01. The Morgan fingerprint density at radius 3 is 2.33 bits per heavy atom. The van der Waals surface area contributed by atoms with Crippen LogP contribution in [0.3, 0.4) is 0 Å². The third-order valence-corrected chi connectivity index (χ3v) is 5.65. The van der Waals surface area contributed by atoms with Crippen molar-refractivity contribution in [3.05, 3.63) is 59.7 Å². The van der Waals surface area contributed by atoms with Gasteiger partial charge in [-0.25, -0.2) is 0 Å². The molecule has 0 unspecified atom stereocenters. The maximum Gasteiger partial charge on any atom is 0.238 e. The summed E-state index contributed by atoms with van der Waals surface area (Å²) >= 11 is 0. The summed E-state index contributed by atoms with van der Waals surface area (Å²) in [5.74, 6) is 0.465. The van der Waals surface area contributed by atoms with E-state index < -0.39 is 0 Å². The number of anilines is 1. The van der Waals surface area contributed by atoms with Gasteiger partial charge in [-0.2, -0.15) is 0 Å². The van der Waals surface area contributed by atoms with Gasteiger partial charge in [-0.15, -0.1) is 0 Å². The summed E-state index contributed by atoms with van der Waals surface area (Å²) in [5.41, 5.74) is 3.02. The first-order valence-corrected chi connectivity index (χ1v) is 11.4. The number of nitrogens with one attached hydrogen (secondary N) is 2. The topological polar surface area (TPSA) is 83.1 Å². The van der Waals surface area contributed by atoms with Crippen molar-refractivity contribution in [1.82, 2.24) is 15.1 Å². The number of methoxy groups -OCH3 is 1. The van der Waals surface area contributed by atoms with Gasteiger partial charge in [0, 0.05) is 31.9 Å². The summed E-state index contributed by atoms with van der Waals surface area (Å²) < 4.78 is 10.6. The minimum Gasteiger partial charge on any atom is -0.497 e. The highest BCUT2D eigenvalue weighted by atomic mass is 16.5. The highest BCUT2D eigenvalue weighted by Crippen LogP contribution is 2.15. The molecule has 1 aliphatic heterocycles. The lowest BCUT2D eigenvalue weighted by molar-refractivity contribution is -0.123. The van der Waals surface area contributed by atoms with Crippen LogP contribution in [0.15, 0.2) is 48.5 Å². The lowest BCUT2D eigenvalue weighted by Crippen LogP contribution is -2.41. The van der Waals surface area contributed by atoms with Crippen molar-refractivity contribution in [1.29, 1.82) is 0 Å². The fourth-order valence-corrected chi connectivity index (χ4v) is 3.69. The molecule has 2 amide bonds. The molecule has 0 spiro atoms. The molecule has 0 radical (unpaired) electrons. The fourth-order valence-electron chi connectivity index (χ4n) is 3.69. The highest BCUT2D eigenvalue weighted by Gasteiger charge is 2.15. The van der Waals surface area contributed by atoms with Crippen LogP contribution in [0.2, 0.25) is 0 Å². The van der Waals surface area contributed by atoms with Gasteiger partial charge in [-0.3, -0.25) is 19.4 Å².